The van der Waals surface area contributed by atoms with Crippen molar-refractivity contribution in [1.29, 1.82) is 0 Å². The predicted octanol–water partition coefficient (Wildman–Crippen LogP) is 4.85. The summed E-state index contributed by atoms with van der Waals surface area (Å²) in [7, 11) is 0. The maximum Gasteiger partial charge on any atom is 0.234 e. The van der Waals surface area contributed by atoms with E-state index in [1.165, 1.54) is 11.8 Å². The van der Waals surface area contributed by atoms with Crippen LogP contribution in [0.25, 0.3) is 5.69 Å². The van der Waals surface area contributed by atoms with Crippen molar-refractivity contribution in [3.63, 3.8) is 0 Å². The summed E-state index contributed by atoms with van der Waals surface area (Å²) in [6.45, 7) is 2.01. The average Bonchev–Trinajstić information content (AvgIpc) is 3.23. The molecule has 4 aromatic rings. The third-order valence-corrected chi connectivity index (χ3v) is 6.15. The lowest BCUT2D eigenvalue weighted by atomic mass is 10.2. The molecule has 1 N–H and O–H groups in total. The van der Waals surface area contributed by atoms with Gasteiger partial charge in [-0.25, -0.2) is 0 Å². The smallest absolute Gasteiger partial charge is 0.234 e. The van der Waals surface area contributed by atoms with Crippen molar-refractivity contribution >= 4 is 35.1 Å². The molecule has 0 aliphatic heterocycles. The van der Waals surface area contributed by atoms with Crippen LogP contribution in [0.4, 0.5) is 5.69 Å². The largest absolute Gasteiger partial charge is 0.324 e. The molecule has 0 radical (unpaired) electrons. The highest BCUT2D eigenvalue weighted by molar-refractivity contribution is 8.00. The molecule has 0 saturated heterocycles. The molecule has 0 aliphatic rings. The Morgan fingerprint density at radius 2 is 1.80 bits per heavy atom. The molecule has 0 bridgehead atoms. The number of para-hydroxylation sites is 1. The quantitative estimate of drug-likeness (QED) is 0.420. The van der Waals surface area contributed by atoms with Gasteiger partial charge in [0.05, 0.1) is 17.1 Å². The standard InChI is InChI=1S/C22H19N5OS2/c1-16-8-7-9-17(14-16)27-22(24-25-26-27)29-15-21(28)23-19-12-5-6-13-20(19)30-18-10-3-2-4-11-18/h2-14H,15H2,1H3,(H,23,28). The van der Waals surface area contributed by atoms with Crippen LogP contribution in [0.3, 0.4) is 0 Å². The number of carbonyl (C=O) groups is 1. The van der Waals surface area contributed by atoms with Gasteiger partial charge >= 0.3 is 0 Å². The molecule has 150 valence electrons. The first-order valence-electron chi connectivity index (χ1n) is 9.29. The number of tetrazole rings is 1. The highest BCUT2D eigenvalue weighted by Crippen LogP contribution is 2.33. The molecule has 6 nitrogen and oxygen atoms in total. The number of benzene rings is 3. The number of amides is 1. The molecule has 0 aliphatic carbocycles. The summed E-state index contributed by atoms with van der Waals surface area (Å²) in [6.07, 6.45) is 0. The Labute approximate surface area is 183 Å². The molecular formula is C22H19N5OS2. The van der Waals surface area contributed by atoms with Crippen LogP contribution in [-0.4, -0.2) is 31.9 Å². The first-order valence-corrected chi connectivity index (χ1v) is 11.1. The predicted molar refractivity (Wildman–Crippen MR) is 120 cm³/mol. The van der Waals surface area contributed by atoms with Crippen LogP contribution >= 0.6 is 23.5 Å². The second-order valence-electron chi connectivity index (χ2n) is 6.46. The Hall–Kier alpha value is -3.10. The fourth-order valence-electron chi connectivity index (χ4n) is 2.78. The van der Waals surface area contributed by atoms with Gasteiger partial charge in [-0.3, -0.25) is 4.79 Å². The summed E-state index contributed by atoms with van der Waals surface area (Å²) in [4.78, 5) is 14.7. The summed E-state index contributed by atoms with van der Waals surface area (Å²) in [6, 6.07) is 25.8. The summed E-state index contributed by atoms with van der Waals surface area (Å²) in [5.41, 5.74) is 2.77. The van der Waals surface area contributed by atoms with Gasteiger partial charge in [-0.05, 0) is 59.3 Å². The average molecular weight is 434 g/mol. The fourth-order valence-corrected chi connectivity index (χ4v) is 4.40. The lowest BCUT2D eigenvalue weighted by Gasteiger charge is -2.10. The van der Waals surface area contributed by atoms with Crippen molar-refractivity contribution < 1.29 is 4.79 Å². The minimum Gasteiger partial charge on any atom is -0.324 e. The summed E-state index contributed by atoms with van der Waals surface area (Å²) < 4.78 is 1.64. The van der Waals surface area contributed by atoms with E-state index >= 15 is 0 Å². The molecule has 0 spiro atoms. The van der Waals surface area contributed by atoms with E-state index in [9.17, 15) is 4.79 Å². The van der Waals surface area contributed by atoms with Crippen molar-refractivity contribution in [3.05, 3.63) is 84.4 Å². The van der Waals surface area contributed by atoms with Gasteiger partial charge in [0, 0.05) is 9.79 Å². The van der Waals surface area contributed by atoms with Crippen molar-refractivity contribution in [2.45, 2.75) is 21.9 Å². The number of anilines is 1. The zero-order valence-electron chi connectivity index (χ0n) is 16.2. The normalized spacial score (nSPS) is 10.7. The number of rotatable bonds is 7. The molecule has 4 rings (SSSR count). The van der Waals surface area contributed by atoms with E-state index in [-0.39, 0.29) is 11.7 Å². The van der Waals surface area contributed by atoms with Crippen LogP contribution in [0.15, 0.2) is 93.8 Å². The molecule has 0 fully saturated rings. The Balaban J connectivity index is 1.42. The number of thioether (sulfide) groups is 1. The molecule has 0 atom stereocenters. The zero-order chi connectivity index (χ0) is 20.8. The Morgan fingerprint density at radius 3 is 2.63 bits per heavy atom. The van der Waals surface area contributed by atoms with Crippen LogP contribution in [0.2, 0.25) is 0 Å². The van der Waals surface area contributed by atoms with E-state index in [4.69, 9.17) is 0 Å². The second-order valence-corrected chi connectivity index (χ2v) is 8.52. The Morgan fingerprint density at radius 1 is 1.00 bits per heavy atom. The number of carbonyl (C=O) groups excluding carboxylic acids is 1. The lowest BCUT2D eigenvalue weighted by molar-refractivity contribution is -0.113. The first-order chi connectivity index (χ1) is 14.7. The molecule has 0 saturated carbocycles. The van der Waals surface area contributed by atoms with Gasteiger partial charge in [0.25, 0.3) is 0 Å². The number of hydrogen-bond donors (Lipinski definition) is 1. The van der Waals surface area contributed by atoms with Gasteiger partial charge in [0.2, 0.25) is 11.1 Å². The SMILES string of the molecule is Cc1cccc(-n2nnnc2SCC(=O)Nc2ccccc2Sc2ccccc2)c1. The van der Waals surface area contributed by atoms with Crippen LogP contribution in [0, 0.1) is 6.92 Å². The Bertz CT molecular complexity index is 1150. The van der Waals surface area contributed by atoms with Crippen LogP contribution < -0.4 is 5.32 Å². The van der Waals surface area contributed by atoms with Crippen molar-refractivity contribution in [3.8, 4) is 5.69 Å². The zero-order valence-corrected chi connectivity index (χ0v) is 17.9. The van der Waals surface area contributed by atoms with E-state index in [0.717, 1.165) is 26.7 Å². The van der Waals surface area contributed by atoms with Crippen LogP contribution in [0.5, 0.6) is 0 Å². The second kappa shape index (κ2) is 9.60. The molecule has 3 aromatic carbocycles. The third-order valence-electron chi connectivity index (χ3n) is 4.15. The first kappa shape index (κ1) is 20.2. The van der Waals surface area contributed by atoms with E-state index in [2.05, 4.69) is 20.8 Å². The van der Waals surface area contributed by atoms with Gasteiger partial charge < -0.3 is 5.32 Å². The van der Waals surface area contributed by atoms with Crippen molar-refractivity contribution in [2.24, 2.45) is 0 Å². The maximum atomic E-state index is 12.6. The summed E-state index contributed by atoms with van der Waals surface area (Å²) >= 11 is 2.91. The van der Waals surface area contributed by atoms with Gasteiger partial charge in [-0.2, -0.15) is 4.68 Å². The molecule has 1 amide bonds. The van der Waals surface area contributed by atoms with E-state index in [1.807, 2.05) is 85.8 Å². The van der Waals surface area contributed by atoms with E-state index in [1.54, 1.807) is 16.4 Å². The highest BCUT2D eigenvalue weighted by Gasteiger charge is 2.13. The number of nitrogens with zero attached hydrogens (tertiary/aromatic N) is 4. The van der Waals surface area contributed by atoms with Crippen molar-refractivity contribution in [1.82, 2.24) is 20.2 Å². The number of aromatic nitrogens is 4. The monoisotopic (exact) mass is 433 g/mol. The summed E-state index contributed by atoms with van der Waals surface area (Å²) in [5.74, 6) is 0.0937. The fraction of sp³-hybridized carbons (Fsp3) is 0.0909. The molecule has 1 heterocycles. The van der Waals surface area contributed by atoms with Gasteiger partial charge in [-0.15, -0.1) is 5.10 Å². The van der Waals surface area contributed by atoms with Crippen molar-refractivity contribution in [2.75, 3.05) is 11.1 Å². The minimum atomic E-state index is -0.111. The van der Waals surface area contributed by atoms with Crippen LogP contribution in [-0.2, 0) is 4.79 Å². The number of aryl methyl sites for hydroxylation is 1. The number of nitrogens with one attached hydrogen (secondary N) is 1. The minimum absolute atomic E-state index is 0.111. The molecule has 8 heteroatoms. The molecular weight excluding hydrogens is 414 g/mol. The highest BCUT2D eigenvalue weighted by atomic mass is 32.2. The molecule has 1 aromatic heterocycles. The van der Waals surface area contributed by atoms with Crippen LogP contribution in [0.1, 0.15) is 5.56 Å². The maximum absolute atomic E-state index is 12.6. The van der Waals surface area contributed by atoms with Gasteiger partial charge in [0.15, 0.2) is 0 Å². The summed E-state index contributed by atoms with van der Waals surface area (Å²) in [5, 5.41) is 15.4. The van der Waals surface area contributed by atoms with Gasteiger partial charge in [-0.1, -0.05) is 66.0 Å². The Kier molecular flexibility index (Phi) is 6.46. The molecule has 30 heavy (non-hydrogen) atoms. The van der Waals surface area contributed by atoms with E-state index < -0.39 is 0 Å². The topological polar surface area (TPSA) is 72.7 Å². The lowest BCUT2D eigenvalue weighted by Crippen LogP contribution is -2.15. The van der Waals surface area contributed by atoms with E-state index in [0.29, 0.717) is 5.16 Å². The third kappa shape index (κ3) is 5.08. The molecule has 0 unspecified atom stereocenters. The van der Waals surface area contributed by atoms with Gasteiger partial charge in [0.1, 0.15) is 0 Å². The number of hydrogen-bond acceptors (Lipinski definition) is 6.